The van der Waals surface area contributed by atoms with Gasteiger partial charge in [-0.3, -0.25) is 4.79 Å². The van der Waals surface area contributed by atoms with Crippen molar-refractivity contribution in [2.24, 2.45) is 0 Å². The van der Waals surface area contributed by atoms with Gasteiger partial charge in [0.15, 0.2) is 12.4 Å². The first-order chi connectivity index (χ1) is 12.9. The first-order valence-corrected chi connectivity index (χ1v) is 9.05. The number of carbonyl (C=O) groups excluding carboxylic acids is 1. The van der Waals surface area contributed by atoms with Crippen LogP contribution in [0.5, 0.6) is 5.75 Å². The average molecular weight is 468 g/mol. The second-order valence-corrected chi connectivity index (χ2v) is 6.93. The van der Waals surface area contributed by atoms with E-state index in [2.05, 4.69) is 20.8 Å². The molecule has 12 heteroatoms. The van der Waals surface area contributed by atoms with Crippen LogP contribution in [0.15, 0.2) is 30.6 Å². The van der Waals surface area contributed by atoms with E-state index in [4.69, 9.17) is 62.7 Å². The maximum absolute atomic E-state index is 12.1. The van der Waals surface area contributed by atoms with Gasteiger partial charge in [-0.05, 0) is 34.7 Å². The highest BCUT2D eigenvalue weighted by Gasteiger charge is 2.21. The van der Waals surface area contributed by atoms with E-state index < -0.39 is 5.91 Å². The number of tetrazole rings is 1. The Kier molecular flexibility index (Phi) is 6.29. The molecule has 0 spiro atoms. The Hall–Kier alpha value is -1.77. The number of halogens is 5. The summed E-state index contributed by atoms with van der Waals surface area (Å²) < 4.78 is 6.85. The third-order valence-corrected chi connectivity index (χ3v) is 5.52. The normalized spacial score (nSPS) is 10.7. The molecule has 1 heterocycles. The van der Waals surface area contributed by atoms with Crippen LogP contribution in [0.4, 0.5) is 5.69 Å². The molecule has 0 aliphatic rings. The number of nitrogens with zero attached hydrogens (tertiary/aromatic N) is 4. The van der Waals surface area contributed by atoms with Gasteiger partial charge in [0.1, 0.15) is 16.4 Å². The topological polar surface area (TPSA) is 81.9 Å². The van der Waals surface area contributed by atoms with Crippen molar-refractivity contribution in [1.82, 2.24) is 20.2 Å². The van der Waals surface area contributed by atoms with E-state index in [1.165, 1.54) is 11.0 Å². The average Bonchev–Trinajstić information content (AvgIpc) is 3.20. The van der Waals surface area contributed by atoms with Crippen LogP contribution in [0.2, 0.25) is 25.1 Å². The Morgan fingerprint density at radius 1 is 0.963 bits per heavy atom. The minimum absolute atomic E-state index is 0.00723. The van der Waals surface area contributed by atoms with Crippen LogP contribution in [-0.4, -0.2) is 32.7 Å². The second kappa shape index (κ2) is 8.50. The number of anilines is 1. The van der Waals surface area contributed by atoms with E-state index in [1.807, 2.05) is 0 Å². The highest BCUT2D eigenvalue weighted by Crippen LogP contribution is 2.48. The molecule has 3 aromatic rings. The molecule has 2 aromatic carbocycles. The predicted octanol–water partition coefficient (Wildman–Crippen LogP) is 4.95. The number of ether oxygens (including phenoxy) is 1. The number of carbonyl (C=O) groups is 1. The quantitative estimate of drug-likeness (QED) is 0.424. The van der Waals surface area contributed by atoms with Crippen molar-refractivity contribution >= 4 is 69.6 Å². The van der Waals surface area contributed by atoms with E-state index in [0.29, 0.717) is 5.69 Å². The van der Waals surface area contributed by atoms with Crippen LogP contribution < -0.4 is 10.1 Å². The summed E-state index contributed by atoms with van der Waals surface area (Å²) in [7, 11) is 0. The third kappa shape index (κ3) is 4.39. The van der Waals surface area contributed by atoms with Gasteiger partial charge in [-0.15, -0.1) is 5.10 Å². The lowest BCUT2D eigenvalue weighted by molar-refractivity contribution is -0.118. The number of hydrogen-bond donors (Lipinski definition) is 1. The minimum atomic E-state index is -0.445. The first-order valence-electron chi connectivity index (χ1n) is 7.16. The fraction of sp³-hybridized carbons (Fsp3) is 0.0667. The standard InChI is InChI=1S/C15H8Cl5N5O2/c16-10-11(17)13(19)15(14(20)12(10)18)27-5-9(26)22-7-1-3-8(4-2-7)25-6-21-23-24-25/h1-4,6H,5H2,(H,22,26). The van der Waals surface area contributed by atoms with Crippen molar-refractivity contribution in [2.75, 3.05) is 11.9 Å². The van der Waals surface area contributed by atoms with E-state index in [9.17, 15) is 4.79 Å². The number of aromatic nitrogens is 4. The summed E-state index contributed by atoms with van der Waals surface area (Å²) >= 11 is 29.9. The van der Waals surface area contributed by atoms with Crippen molar-refractivity contribution in [1.29, 1.82) is 0 Å². The Balaban J connectivity index is 1.65. The van der Waals surface area contributed by atoms with Crippen LogP contribution in [0, 0.1) is 0 Å². The summed E-state index contributed by atoms with van der Waals surface area (Å²) in [6, 6.07) is 6.84. The predicted molar refractivity (Wildman–Crippen MR) is 105 cm³/mol. The van der Waals surface area contributed by atoms with Crippen molar-refractivity contribution in [3.8, 4) is 11.4 Å². The minimum Gasteiger partial charge on any atom is -0.481 e. The monoisotopic (exact) mass is 465 g/mol. The summed E-state index contributed by atoms with van der Waals surface area (Å²) in [5, 5.41) is 13.5. The van der Waals surface area contributed by atoms with Gasteiger partial charge >= 0.3 is 0 Å². The molecular weight excluding hydrogens is 459 g/mol. The van der Waals surface area contributed by atoms with Crippen molar-refractivity contribution in [3.05, 3.63) is 55.7 Å². The SMILES string of the molecule is O=C(COc1c(Cl)c(Cl)c(Cl)c(Cl)c1Cl)Nc1ccc(-n2cnnn2)cc1. The molecule has 1 amide bonds. The fourth-order valence-electron chi connectivity index (χ4n) is 2.02. The number of amides is 1. The fourth-order valence-corrected chi connectivity index (χ4v) is 3.25. The van der Waals surface area contributed by atoms with Gasteiger partial charge in [-0.2, -0.15) is 0 Å². The molecule has 0 saturated heterocycles. The Morgan fingerprint density at radius 3 is 2.11 bits per heavy atom. The number of nitrogens with one attached hydrogen (secondary N) is 1. The molecule has 0 aliphatic heterocycles. The maximum atomic E-state index is 12.1. The van der Waals surface area contributed by atoms with Gasteiger partial charge in [-0.1, -0.05) is 58.0 Å². The van der Waals surface area contributed by atoms with Crippen molar-refractivity contribution in [2.45, 2.75) is 0 Å². The van der Waals surface area contributed by atoms with Crippen LogP contribution >= 0.6 is 58.0 Å². The second-order valence-electron chi connectivity index (χ2n) is 5.04. The molecule has 0 radical (unpaired) electrons. The molecule has 0 atom stereocenters. The lowest BCUT2D eigenvalue weighted by Gasteiger charge is -2.13. The molecule has 0 saturated carbocycles. The van der Waals surface area contributed by atoms with Crippen LogP contribution in [0.3, 0.4) is 0 Å². The molecule has 0 aliphatic carbocycles. The Morgan fingerprint density at radius 2 is 1.56 bits per heavy atom. The first kappa shape index (κ1) is 20.0. The molecule has 0 unspecified atom stereocenters. The zero-order valence-electron chi connectivity index (χ0n) is 13.1. The van der Waals surface area contributed by atoms with Gasteiger partial charge in [-0.25, -0.2) is 4.68 Å². The number of rotatable bonds is 5. The number of hydrogen-bond acceptors (Lipinski definition) is 5. The van der Waals surface area contributed by atoms with E-state index in [-0.39, 0.29) is 37.5 Å². The third-order valence-electron chi connectivity index (χ3n) is 3.28. The highest BCUT2D eigenvalue weighted by atomic mass is 35.5. The van der Waals surface area contributed by atoms with Crippen molar-refractivity contribution < 1.29 is 9.53 Å². The van der Waals surface area contributed by atoms with Gasteiger partial charge in [0, 0.05) is 5.69 Å². The molecular formula is C15H8Cl5N5O2. The summed E-state index contributed by atoms with van der Waals surface area (Å²) in [5.74, 6) is -0.471. The van der Waals surface area contributed by atoms with E-state index >= 15 is 0 Å². The smallest absolute Gasteiger partial charge is 0.262 e. The summed E-state index contributed by atoms with van der Waals surface area (Å²) in [5.41, 5.74) is 1.28. The zero-order chi connectivity index (χ0) is 19.6. The molecule has 140 valence electrons. The van der Waals surface area contributed by atoms with Crippen LogP contribution in [-0.2, 0) is 4.79 Å². The maximum Gasteiger partial charge on any atom is 0.262 e. The molecule has 1 N–H and O–H groups in total. The highest BCUT2D eigenvalue weighted by molar-refractivity contribution is 6.55. The van der Waals surface area contributed by atoms with Gasteiger partial charge in [0.2, 0.25) is 0 Å². The van der Waals surface area contributed by atoms with Crippen LogP contribution in [0.1, 0.15) is 0 Å². The van der Waals surface area contributed by atoms with Gasteiger partial charge in [0.05, 0.1) is 20.8 Å². The largest absolute Gasteiger partial charge is 0.481 e. The van der Waals surface area contributed by atoms with Crippen molar-refractivity contribution in [3.63, 3.8) is 0 Å². The number of benzene rings is 2. The summed E-state index contributed by atoms with van der Waals surface area (Å²) in [6.07, 6.45) is 1.46. The molecule has 0 fully saturated rings. The Bertz CT molecular complexity index is 950. The van der Waals surface area contributed by atoms with E-state index in [0.717, 1.165) is 5.69 Å². The van der Waals surface area contributed by atoms with Gasteiger partial charge < -0.3 is 10.1 Å². The molecule has 0 bridgehead atoms. The molecule has 27 heavy (non-hydrogen) atoms. The Labute approximate surface area is 178 Å². The van der Waals surface area contributed by atoms with Gasteiger partial charge in [0.25, 0.3) is 5.91 Å². The van der Waals surface area contributed by atoms with Crippen LogP contribution in [0.25, 0.3) is 5.69 Å². The molecule has 7 nitrogen and oxygen atoms in total. The lowest BCUT2D eigenvalue weighted by atomic mass is 10.3. The zero-order valence-corrected chi connectivity index (χ0v) is 16.9. The van der Waals surface area contributed by atoms with E-state index in [1.54, 1.807) is 24.3 Å². The summed E-state index contributed by atoms with van der Waals surface area (Å²) in [6.45, 7) is -0.373. The molecule has 3 rings (SSSR count). The summed E-state index contributed by atoms with van der Waals surface area (Å²) in [4.78, 5) is 12.1. The lowest BCUT2D eigenvalue weighted by Crippen LogP contribution is -2.20. The molecule has 1 aromatic heterocycles.